The van der Waals surface area contributed by atoms with E-state index in [9.17, 15) is 4.39 Å². The summed E-state index contributed by atoms with van der Waals surface area (Å²) in [5.74, 6) is -0.240. The molecule has 0 aliphatic heterocycles. The van der Waals surface area contributed by atoms with E-state index in [-0.39, 0.29) is 17.9 Å². The molecule has 0 saturated carbocycles. The Morgan fingerprint density at radius 3 is 2.33 bits per heavy atom. The first kappa shape index (κ1) is 16.0. The van der Waals surface area contributed by atoms with Crippen LogP contribution in [0, 0.1) is 5.82 Å². The second-order valence-corrected chi connectivity index (χ2v) is 5.77. The average molecular weight is 307 g/mol. The third-order valence-electron chi connectivity index (χ3n) is 3.56. The maximum atomic E-state index is 13.1. The zero-order valence-electron chi connectivity index (χ0n) is 12.3. The lowest BCUT2D eigenvalue weighted by Gasteiger charge is -2.31. The van der Waals surface area contributed by atoms with Crippen LogP contribution < -0.4 is 5.73 Å². The molecule has 0 amide bonds. The molecule has 2 unspecified atom stereocenters. The van der Waals surface area contributed by atoms with Gasteiger partial charge in [0.1, 0.15) is 5.82 Å². The van der Waals surface area contributed by atoms with Crippen molar-refractivity contribution in [1.82, 2.24) is 4.90 Å². The number of halogens is 2. The number of hydrogen-bond donors (Lipinski definition) is 1. The second-order valence-electron chi connectivity index (χ2n) is 5.36. The van der Waals surface area contributed by atoms with E-state index in [1.54, 1.807) is 12.1 Å². The van der Waals surface area contributed by atoms with Crippen LogP contribution in [-0.4, -0.2) is 18.0 Å². The molecule has 0 aliphatic carbocycles. The smallest absolute Gasteiger partial charge is 0.123 e. The van der Waals surface area contributed by atoms with Gasteiger partial charge in [-0.3, -0.25) is 4.90 Å². The summed E-state index contributed by atoms with van der Waals surface area (Å²) in [6, 6.07) is 14.2. The van der Waals surface area contributed by atoms with Crippen molar-refractivity contribution < 1.29 is 4.39 Å². The van der Waals surface area contributed by atoms with Gasteiger partial charge >= 0.3 is 0 Å². The van der Waals surface area contributed by atoms with E-state index in [2.05, 4.69) is 4.90 Å². The van der Waals surface area contributed by atoms with Crippen molar-refractivity contribution >= 4 is 11.6 Å². The number of hydrogen-bond acceptors (Lipinski definition) is 2. The average Bonchev–Trinajstić information content (AvgIpc) is 2.43. The Labute approximate surface area is 130 Å². The van der Waals surface area contributed by atoms with Gasteiger partial charge in [-0.2, -0.15) is 0 Å². The predicted octanol–water partition coefficient (Wildman–Crippen LogP) is 4.00. The molecular formula is C17H20ClFN2. The molecule has 2 aromatic rings. The van der Waals surface area contributed by atoms with Crippen molar-refractivity contribution in [2.75, 3.05) is 7.05 Å². The van der Waals surface area contributed by atoms with Gasteiger partial charge in [0, 0.05) is 23.7 Å². The van der Waals surface area contributed by atoms with Crippen LogP contribution in [0.2, 0.25) is 5.02 Å². The van der Waals surface area contributed by atoms with Crippen LogP contribution >= 0.6 is 11.6 Å². The molecule has 0 saturated heterocycles. The third-order valence-corrected chi connectivity index (χ3v) is 3.93. The standard InChI is InChI=1S/C17H20ClFN2/c1-12(20)17(13-7-9-15(19)10-8-13)21(2)11-14-5-3-4-6-16(14)18/h3-10,12,17H,11,20H2,1-2H3. The van der Waals surface area contributed by atoms with E-state index >= 15 is 0 Å². The van der Waals surface area contributed by atoms with E-state index < -0.39 is 0 Å². The normalized spacial score (nSPS) is 14.2. The molecule has 0 radical (unpaired) electrons. The highest BCUT2D eigenvalue weighted by atomic mass is 35.5. The third kappa shape index (κ3) is 4.03. The Balaban J connectivity index is 2.22. The molecule has 4 heteroatoms. The summed E-state index contributed by atoms with van der Waals surface area (Å²) >= 11 is 6.21. The minimum Gasteiger partial charge on any atom is -0.326 e. The van der Waals surface area contributed by atoms with Gasteiger partial charge in [-0.25, -0.2) is 4.39 Å². The topological polar surface area (TPSA) is 29.3 Å². The zero-order valence-corrected chi connectivity index (χ0v) is 13.0. The first-order chi connectivity index (χ1) is 9.99. The highest BCUT2D eigenvalue weighted by Gasteiger charge is 2.21. The molecule has 112 valence electrons. The largest absolute Gasteiger partial charge is 0.326 e. The molecule has 2 aromatic carbocycles. The lowest BCUT2D eigenvalue weighted by Crippen LogP contribution is -2.37. The Hall–Kier alpha value is -1.42. The number of rotatable bonds is 5. The molecule has 2 rings (SSSR count). The Kier molecular flexibility index (Phi) is 5.34. The second kappa shape index (κ2) is 7.03. The van der Waals surface area contributed by atoms with Crippen LogP contribution in [0.5, 0.6) is 0 Å². The lowest BCUT2D eigenvalue weighted by molar-refractivity contribution is 0.211. The van der Waals surface area contributed by atoms with Crippen molar-refractivity contribution in [1.29, 1.82) is 0 Å². The van der Waals surface area contributed by atoms with Crippen LogP contribution in [0.1, 0.15) is 24.1 Å². The number of benzene rings is 2. The van der Waals surface area contributed by atoms with Gasteiger partial charge < -0.3 is 5.73 Å². The van der Waals surface area contributed by atoms with Crippen molar-refractivity contribution in [3.8, 4) is 0 Å². The summed E-state index contributed by atoms with van der Waals surface area (Å²) in [6.07, 6.45) is 0. The molecular weight excluding hydrogens is 287 g/mol. The Bertz CT molecular complexity index is 584. The van der Waals surface area contributed by atoms with Crippen molar-refractivity contribution in [2.24, 2.45) is 5.73 Å². The first-order valence-electron chi connectivity index (χ1n) is 6.93. The predicted molar refractivity (Wildman–Crippen MR) is 85.7 cm³/mol. The maximum absolute atomic E-state index is 13.1. The molecule has 0 fully saturated rings. The van der Waals surface area contributed by atoms with Crippen molar-refractivity contribution in [3.63, 3.8) is 0 Å². The van der Waals surface area contributed by atoms with Gasteiger partial charge in [0.25, 0.3) is 0 Å². The molecule has 2 atom stereocenters. The maximum Gasteiger partial charge on any atom is 0.123 e. The summed E-state index contributed by atoms with van der Waals surface area (Å²) in [4.78, 5) is 2.14. The van der Waals surface area contributed by atoms with Gasteiger partial charge in [-0.15, -0.1) is 0 Å². The fraction of sp³-hybridized carbons (Fsp3) is 0.294. The molecule has 0 aliphatic rings. The lowest BCUT2D eigenvalue weighted by atomic mass is 9.99. The van der Waals surface area contributed by atoms with Crippen molar-refractivity contribution in [2.45, 2.75) is 25.6 Å². The number of likely N-dealkylation sites (N-methyl/N-ethyl adjacent to an activating group) is 1. The van der Waals surface area contributed by atoms with E-state index in [0.29, 0.717) is 6.54 Å². The van der Waals surface area contributed by atoms with Gasteiger partial charge in [0.15, 0.2) is 0 Å². The molecule has 0 aromatic heterocycles. The number of nitrogens with two attached hydrogens (primary N) is 1. The summed E-state index contributed by atoms with van der Waals surface area (Å²) in [7, 11) is 2.00. The van der Waals surface area contributed by atoms with Crippen LogP contribution in [0.4, 0.5) is 4.39 Å². The van der Waals surface area contributed by atoms with E-state index in [1.165, 1.54) is 12.1 Å². The summed E-state index contributed by atoms with van der Waals surface area (Å²) in [6.45, 7) is 2.64. The summed E-state index contributed by atoms with van der Waals surface area (Å²) in [5.41, 5.74) is 8.18. The summed E-state index contributed by atoms with van der Waals surface area (Å²) in [5, 5.41) is 0.742. The van der Waals surface area contributed by atoms with Crippen LogP contribution in [0.3, 0.4) is 0 Å². The Morgan fingerprint density at radius 1 is 1.14 bits per heavy atom. The highest BCUT2D eigenvalue weighted by Crippen LogP contribution is 2.26. The minimum atomic E-state index is -0.240. The molecule has 2 N–H and O–H groups in total. The van der Waals surface area contributed by atoms with Crippen LogP contribution in [-0.2, 0) is 6.54 Å². The van der Waals surface area contributed by atoms with E-state index in [1.807, 2.05) is 38.2 Å². The summed E-state index contributed by atoms with van der Waals surface area (Å²) < 4.78 is 13.1. The van der Waals surface area contributed by atoms with Crippen molar-refractivity contribution in [3.05, 3.63) is 70.5 Å². The van der Waals surface area contributed by atoms with E-state index in [0.717, 1.165) is 16.1 Å². The molecule has 0 spiro atoms. The van der Waals surface area contributed by atoms with Crippen LogP contribution in [0.25, 0.3) is 0 Å². The zero-order chi connectivity index (χ0) is 15.4. The van der Waals surface area contributed by atoms with Gasteiger partial charge in [-0.05, 0) is 43.3 Å². The van der Waals surface area contributed by atoms with Gasteiger partial charge in [0.2, 0.25) is 0 Å². The molecule has 0 bridgehead atoms. The Morgan fingerprint density at radius 2 is 1.76 bits per heavy atom. The van der Waals surface area contributed by atoms with E-state index in [4.69, 9.17) is 17.3 Å². The molecule has 2 nitrogen and oxygen atoms in total. The quantitative estimate of drug-likeness (QED) is 0.904. The van der Waals surface area contributed by atoms with Gasteiger partial charge in [-0.1, -0.05) is 41.9 Å². The molecule has 0 heterocycles. The first-order valence-corrected chi connectivity index (χ1v) is 7.31. The minimum absolute atomic E-state index is 0.00173. The fourth-order valence-electron chi connectivity index (χ4n) is 2.61. The SMILES string of the molecule is CC(N)C(c1ccc(F)cc1)N(C)Cc1ccccc1Cl. The van der Waals surface area contributed by atoms with Crippen LogP contribution in [0.15, 0.2) is 48.5 Å². The molecule has 21 heavy (non-hydrogen) atoms. The highest BCUT2D eigenvalue weighted by molar-refractivity contribution is 6.31. The monoisotopic (exact) mass is 306 g/mol. The number of nitrogens with zero attached hydrogens (tertiary/aromatic N) is 1. The van der Waals surface area contributed by atoms with Gasteiger partial charge in [0.05, 0.1) is 0 Å². The fourth-order valence-corrected chi connectivity index (χ4v) is 2.81.